The fourth-order valence-electron chi connectivity index (χ4n) is 5.45. The van der Waals surface area contributed by atoms with Gasteiger partial charge in [0.15, 0.2) is 0 Å². The minimum Gasteiger partial charge on any atom is -0.480 e. The third-order valence-electron chi connectivity index (χ3n) is 8.04. The van der Waals surface area contributed by atoms with Gasteiger partial charge in [-0.2, -0.15) is 0 Å². The first-order chi connectivity index (χ1) is 26.1. The van der Waals surface area contributed by atoms with Gasteiger partial charge in [-0.05, 0) is 30.7 Å². The van der Waals surface area contributed by atoms with E-state index in [1.165, 1.54) is 57.6 Å². The molecule has 294 valence electrons. The summed E-state index contributed by atoms with van der Waals surface area (Å²) in [4.78, 5) is 75.2. The van der Waals surface area contributed by atoms with E-state index in [-0.39, 0.29) is 44.5 Å². The van der Waals surface area contributed by atoms with Crippen molar-refractivity contribution in [2.45, 2.75) is 63.1 Å². The van der Waals surface area contributed by atoms with Crippen LogP contribution in [-0.4, -0.2) is 97.0 Å². The van der Waals surface area contributed by atoms with Gasteiger partial charge in [0, 0.05) is 27.6 Å². The van der Waals surface area contributed by atoms with Crippen molar-refractivity contribution in [3.05, 3.63) is 94.9 Å². The second kappa shape index (κ2) is 16.0. The number of aliphatic hydroxyl groups is 2. The minimum atomic E-state index is -2.32. The van der Waals surface area contributed by atoms with Crippen LogP contribution in [0.2, 0.25) is 0 Å². The van der Waals surface area contributed by atoms with Gasteiger partial charge in [0.2, 0.25) is 0 Å². The topological polar surface area (TPSA) is 244 Å². The lowest BCUT2D eigenvalue weighted by Gasteiger charge is -2.45. The van der Waals surface area contributed by atoms with E-state index in [0.717, 1.165) is 24.3 Å². The molecule has 0 aromatic carbocycles. The molecule has 0 radical (unpaired) electrons. The fourth-order valence-corrected chi connectivity index (χ4v) is 5.45. The normalized spacial score (nSPS) is 30.1. The summed E-state index contributed by atoms with van der Waals surface area (Å²) in [5, 5.41) is 21.2. The lowest BCUT2D eigenvalue weighted by Crippen LogP contribution is -2.58. The second-order valence-electron chi connectivity index (χ2n) is 12.2. The maximum absolute atomic E-state index is 12.9. The van der Waals surface area contributed by atoms with Crippen LogP contribution in [0.1, 0.15) is 39.5 Å². The molecule has 19 nitrogen and oxygen atoms in total. The van der Waals surface area contributed by atoms with Gasteiger partial charge < -0.3 is 57.6 Å². The SMILES string of the molecule is CCC1(COC)OC(=O)C(=C/C=C/C=C/C2=C(O)OC3(CCCC4(OC(=O)C(/C=C/C=C/C=C5C(=O)OC(C)(COC)OC5=O)=C(O)O4)O3)OC2=O)C(=O)O1. The Kier molecular flexibility index (Phi) is 11.7. The molecule has 5 aliphatic heterocycles. The van der Waals surface area contributed by atoms with Gasteiger partial charge in [0.1, 0.15) is 35.5 Å². The van der Waals surface area contributed by atoms with Crippen LogP contribution in [0.5, 0.6) is 0 Å². The third kappa shape index (κ3) is 8.80. The van der Waals surface area contributed by atoms with Crippen LogP contribution in [0, 0.1) is 0 Å². The summed E-state index contributed by atoms with van der Waals surface area (Å²) in [7, 11) is 2.71. The molecule has 0 aromatic rings. The molecule has 2 atom stereocenters. The standard InChI is InChI=1S/C36H36O19/c1-5-34(20-46-4)49-27(39)22(28(40)50-34)14-9-7-11-16-24-31(43)53-36(54-32(24)44)18-12-17-35(55-36)51-29(41)23(30(42)52-35)15-10-6-8-13-21-25(37)47-33(2,19-45-3)48-26(21)38/h6-11,13-16,41,43H,5,12,17-20H2,1-4H3/b8-6+,9-7+,15-10+,16-11+,21-13?,22-14?. The Morgan fingerprint density at radius 1 is 0.582 bits per heavy atom. The molecule has 0 amide bonds. The molecular formula is C36H36O19. The van der Waals surface area contributed by atoms with E-state index < -0.39 is 87.9 Å². The van der Waals surface area contributed by atoms with E-state index in [1.807, 2.05) is 0 Å². The molecule has 5 aliphatic rings. The third-order valence-corrected chi connectivity index (χ3v) is 8.04. The Labute approximate surface area is 312 Å². The summed E-state index contributed by atoms with van der Waals surface area (Å²) in [5.74, 6) is -15.5. The quantitative estimate of drug-likeness (QED) is 0.101. The molecule has 2 N–H and O–H groups in total. The first-order valence-corrected chi connectivity index (χ1v) is 16.5. The van der Waals surface area contributed by atoms with Crippen molar-refractivity contribution in [1.82, 2.24) is 0 Å². The first kappa shape index (κ1) is 40.0. The Balaban J connectivity index is 1.20. The maximum atomic E-state index is 12.9. The first-order valence-electron chi connectivity index (χ1n) is 16.5. The van der Waals surface area contributed by atoms with E-state index in [1.54, 1.807) is 6.92 Å². The number of carbonyl (C=O) groups excluding carboxylic acids is 6. The molecule has 0 saturated carbocycles. The molecule has 3 saturated heterocycles. The molecule has 2 unspecified atom stereocenters. The van der Waals surface area contributed by atoms with Crippen molar-refractivity contribution < 1.29 is 91.1 Å². The van der Waals surface area contributed by atoms with Crippen molar-refractivity contribution in [3.63, 3.8) is 0 Å². The minimum absolute atomic E-state index is 0.0947. The highest BCUT2D eigenvalue weighted by atomic mass is 17.0. The summed E-state index contributed by atoms with van der Waals surface area (Å²) in [6.07, 6.45) is 12.2. The summed E-state index contributed by atoms with van der Waals surface area (Å²) >= 11 is 0. The Morgan fingerprint density at radius 3 is 1.42 bits per heavy atom. The number of methoxy groups -OCH3 is 2. The van der Waals surface area contributed by atoms with E-state index in [4.69, 9.17) is 52.1 Å². The van der Waals surface area contributed by atoms with Gasteiger partial charge >= 0.3 is 47.8 Å². The summed E-state index contributed by atoms with van der Waals surface area (Å²) < 4.78 is 57.7. The van der Waals surface area contributed by atoms with Crippen molar-refractivity contribution in [1.29, 1.82) is 0 Å². The zero-order chi connectivity index (χ0) is 40.0. The van der Waals surface area contributed by atoms with Gasteiger partial charge in [-0.25, -0.2) is 33.5 Å². The number of ether oxygens (including phenoxy) is 11. The second-order valence-corrected chi connectivity index (χ2v) is 12.2. The number of hydrogen-bond donors (Lipinski definition) is 2. The number of rotatable bonds is 11. The molecule has 0 aliphatic carbocycles. The van der Waals surface area contributed by atoms with Crippen molar-refractivity contribution in [2.75, 3.05) is 27.4 Å². The van der Waals surface area contributed by atoms with Crippen LogP contribution in [-0.2, 0) is 80.9 Å². The van der Waals surface area contributed by atoms with E-state index in [0.29, 0.717) is 0 Å². The Bertz CT molecular complexity index is 1850. The van der Waals surface area contributed by atoms with Gasteiger partial charge in [0.25, 0.3) is 23.5 Å². The Hall–Kier alpha value is -6.18. The number of cyclic esters (lactones) is 4. The molecule has 55 heavy (non-hydrogen) atoms. The smallest absolute Gasteiger partial charge is 0.382 e. The fraction of sp³-hybridized carbons (Fsp3) is 0.389. The predicted molar refractivity (Wildman–Crippen MR) is 176 cm³/mol. The molecule has 0 bridgehead atoms. The van der Waals surface area contributed by atoms with Gasteiger partial charge in [0.05, 0.1) is 12.8 Å². The van der Waals surface area contributed by atoms with Gasteiger partial charge in [-0.3, -0.25) is 0 Å². The van der Waals surface area contributed by atoms with Gasteiger partial charge in [-0.15, -0.1) is 0 Å². The molecule has 0 aromatic heterocycles. The monoisotopic (exact) mass is 772 g/mol. The van der Waals surface area contributed by atoms with Crippen LogP contribution < -0.4 is 0 Å². The lowest BCUT2D eigenvalue weighted by molar-refractivity contribution is -0.500. The number of allylic oxidation sites excluding steroid dienone is 8. The molecular weight excluding hydrogens is 736 g/mol. The summed E-state index contributed by atoms with van der Waals surface area (Å²) in [6, 6.07) is 0. The zero-order valence-electron chi connectivity index (χ0n) is 29.9. The molecule has 19 heteroatoms. The van der Waals surface area contributed by atoms with Crippen molar-refractivity contribution in [3.8, 4) is 0 Å². The average Bonchev–Trinajstić information content (AvgIpc) is 3.08. The predicted octanol–water partition coefficient (Wildman–Crippen LogP) is 2.57. The van der Waals surface area contributed by atoms with Crippen LogP contribution in [0.4, 0.5) is 0 Å². The lowest BCUT2D eigenvalue weighted by atomic mass is 10.1. The summed E-state index contributed by atoms with van der Waals surface area (Å²) in [6.45, 7) is 2.71. The average molecular weight is 773 g/mol. The molecule has 5 rings (SSSR count). The number of carbonyl (C=O) groups is 6. The molecule has 5 heterocycles. The van der Waals surface area contributed by atoms with Crippen molar-refractivity contribution in [2.24, 2.45) is 0 Å². The molecule has 3 fully saturated rings. The van der Waals surface area contributed by atoms with E-state index >= 15 is 0 Å². The molecule has 2 spiro atoms. The summed E-state index contributed by atoms with van der Waals surface area (Å²) in [5.41, 5.74) is -1.68. The van der Waals surface area contributed by atoms with Crippen LogP contribution in [0.25, 0.3) is 0 Å². The van der Waals surface area contributed by atoms with Crippen molar-refractivity contribution >= 4 is 35.8 Å². The number of hydrogen-bond acceptors (Lipinski definition) is 19. The maximum Gasteiger partial charge on any atom is 0.382 e. The highest BCUT2D eigenvalue weighted by Crippen LogP contribution is 2.45. The van der Waals surface area contributed by atoms with Crippen LogP contribution >= 0.6 is 0 Å². The van der Waals surface area contributed by atoms with E-state index in [9.17, 15) is 39.0 Å². The van der Waals surface area contributed by atoms with E-state index in [2.05, 4.69) is 0 Å². The number of esters is 6. The van der Waals surface area contributed by atoms with Crippen LogP contribution in [0.15, 0.2) is 94.9 Å². The number of aliphatic hydroxyl groups excluding tert-OH is 2. The largest absolute Gasteiger partial charge is 0.480 e. The highest BCUT2D eigenvalue weighted by molar-refractivity contribution is 6.16. The van der Waals surface area contributed by atoms with Crippen LogP contribution in [0.3, 0.4) is 0 Å². The Morgan fingerprint density at radius 2 is 1.02 bits per heavy atom. The zero-order valence-corrected chi connectivity index (χ0v) is 29.9. The highest BCUT2D eigenvalue weighted by Gasteiger charge is 2.59. The van der Waals surface area contributed by atoms with Gasteiger partial charge in [-0.1, -0.05) is 43.4 Å².